The summed E-state index contributed by atoms with van der Waals surface area (Å²) in [5, 5.41) is 20.0. The molecule has 2 aliphatic rings. The molecule has 0 radical (unpaired) electrons. The number of aliphatic carboxylic acids is 2. The van der Waals surface area contributed by atoms with Crippen molar-refractivity contribution in [3.63, 3.8) is 0 Å². The van der Waals surface area contributed by atoms with Gasteiger partial charge in [-0.3, -0.25) is 9.59 Å². The van der Waals surface area contributed by atoms with E-state index in [1.165, 1.54) is 18.1 Å². The van der Waals surface area contributed by atoms with Gasteiger partial charge in [0.1, 0.15) is 0 Å². The zero-order valence-corrected chi connectivity index (χ0v) is 22.7. The molecule has 2 amide bonds. The first kappa shape index (κ1) is 35.6. The second-order valence-corrected chi connectivity index (χ2v) is 9.85. The van der Waals surface area contributed by atoms with Gasteiger partial charge in [-0.15, -0.1) is 0 Å². The molecule has 1 fully saturated rings. The number of likely N-dealkylation sites (N-methyl/N-ethyl adjacent to an activating group) is 1. The van der Waals surface area contributed by atoms with E-state index in [1.807, 2.05) is 0 Å². The lowest BCUT2D eigenvalue weighted by Crippen LogP contribution is -2.44. The van der Waals surface area contributed by atoms with Crippen LogP contribution in [0.25, 0.3) is 0 Å². The molecule has 0 aromatic heterocycles. The predicted octanol–water partition coefficient (Wildman–Crippen LogP) is 2.55. The Morgan fingerprint density at radius 2 is 1.46 bits per heavy atom. The number of benzene rings is 1. The van der Waals surface area contributed by atoms with Crippen molar-refractivity contribution in [1.29, 1.82) is 0 Å². The molecule has 1 unspecified atom stereocenters. The summed E-state index contributed by atoms with van der Waals surface area (Å²) in [6.07, 6.45) is -6.94. The molecule has 0 saturated carbocycles. The molecule has 1 atom stereocenters. The van der Waals surface area contributed by atoms with E-state index in [-0.39, 0.29) is 29.8 Å². The van der Waals surface area contributed by atoms with Crippen molar-refractivity contribution in [2.75, 3.05) is 46.8 Å². The van der Waals surface area contributed by atoms with Crippen molar-refractivity contribution in [3.05, 3.63) is 35.4 Å². The molecule has 10 nitrogen and oxygen atoms in total. The average Bonchev–Trinajstić information content (AvgIpc) is 3.14. The third-order valence-corrected chi connectivity index (χ3v) is 6.50. The highest BCUT2D eigenvalue weighted by Gasteiger charge is 2.45. The summed E-state index contributed by atoms with van der Waals surface area (Å²) in [4.78, 5) is 45.9. The van der Waals surface area contributed by atoms with E-state index in [9.17, 15) is 35.9 Å². The third kappa shape index (κ3) is 11.9. The molecule has 0 bridgehead atoms. The second-order valence-electron chi connectivity index (χ2n) is 9.85. The van der Waals surface area contributed by atoms with Gasteiger partial charge in [-0.25, -0.2) is 9.59 Å². The van der Waals surface area contributed by atoms with Crippen molar-refractivity contribution in [3.8, 4) is 0 Å². The van der Waals surface area contributed by atoms with Crippen molar-refractivity contribution in [2.45, 2.75) is 50.0 Å². The van der Waals surface area contributed by atoms with Gasteiger partial charge in [0, 0.05) is 25.4 Å². The summed E-state index contributed by atoms with van der Waals surface area (Å²) in [5.41, 5.74) is 2.81. The van der Waals surface area contributed by atoms with Gasteiger partial charge in [-0.1, -0.05) is 24.3 Å². The first-order chi connectivity index (χ1) is 18.8. The zero-order valence-electron chi connectivity index (χ0n) is 22.7. The molecule has 1 aromatic rings. The lowest BCUT2D eigenvalue weighted by molar-refractivity contribution is -0.193. The molecule has 232 valence electrons. The number of hydrogen-bond acceptors (Lipinski definition) is 6. The summed E-state index contributed by atoms with van der Waals surface area (Å²) in [6, 6.07) is 8.59. The van der Waals surface area contributed by atoms with Crippen LogP contribution in [-0.2, 0) is 24.6 Å². The smallest absolute Gasteiger partial charge is 0.475 e. The molecule has 1 aromatic carbocycles. The Kier molecular flexibility index (Phi) is 13.0. The van der Waals surface area contributed by atoms with Crippen LogP contribution >= 0.6 is 0 Å². The normalized spacial score (nSPS) is 17.9. The van der Waals surface area contributed by atoms with Crippen molar-refractivity contribution in [2.24, 2.45) is 0 Å². The molecule has 4 N–H and O–H groups in total. The molecule has 1 saturated heterocycles. The van der Waals surface area contributed by atoms with Crippen LogP contribution < -0.4 is 10.6 Å². The van der Waals surface area contributed by atoms with Crippen molar-refractivity contribution >= 4 is 23.8 Å². The van der Waals surface area contributed by atoms with Crippen LogP contribution in [0.5, 0.6) is 0 Å². The van der Waals surface area contributed by atoms with E-state index in [1.54, 1.807) is 0 Å². The van der Waals surface area contributed by atoms with Gasteiger partial charge >= 0.3 is 24.3 Å². The van der Waals surface area contributed by atoms with Gasteiger partial charge in [-0.2, -0.15) is 26.3 Å². The van der Waals surface area contributed by atoms with Gasteiger partial charge in [0.2, 0.25) is 11.8 Å². The Morgan fingerprint density at radius 1 is 0.976 bits per heavy atom. The molecule has 1 aliphatic carbocycles. The zero-order chi connectivity index (χ0) is 31.6. The topological polar surface area (TPSA) is 139 Å². The molecule has 1 spiro atoms. The van der Waals surface area contributed by atoms with Crippen molar-refractivity contribution in [1.82, 2.24) is 20.4 Å². The third-order valence-electron chi connectivity index (χ3n) is 6.50. The Bertz CT molecular complexity index is 1030. The lowest BCUT2D eigenvalue weighted by Gasteiger charge is -2.40. The van der Waals surface area contributed by atoms with Crippen LogP contribution in [0, 0.1) is 0 Å². The van der Waals surface area contributed by atoms with E-state index in [4.69, 9.17) is 19.8 Å². The number of amides is 2. The molecule has 3 rings (SSSR count). The minimum absolute atomic E-state index is 0.0378. The van der Waals surface area contributed by atoms with Crippen LogP contribution in [-0.4, -0.2) is 103 Å². The number of piperidine rings is 1. The summed E-state index contributed by atoms with van der Waals surface area (Å²) in [6.45, 7) is 5.88. The SMILES string of the molecule is CC(=O)NCC(=O)NC1CC2(CCN(CCN(C)C)CC2)c2ccccc21.O=C(O)C(F)(F)F.O=C(O)C(F)(F)F. The number of alkyl halides is 6. The Hall–Kier alpha value is -3.40. The second kappa shape index (κ2) is 15.0. The molecular formula is C25H34F6N4O6. The minimum Gasteiger partial charge on any atom is -0.475 e. The maximum atomic E-state index is 12.2. The number of carbonyl (C=O) groups excluding carboxylic acids is 2. The monoisotopic (exact) mass is 600 g/mol. The molecular weight excluding hydrogens is 566 g/mol. The van der Waals surface area contributed by atoms with Gasteiger partial charge in [0.05, 0.1) is 12.6 Å². The van der Waals surface area contributed by atoms with E-state index in [2.05, 4.69) is 58.8 Å². The Balaban J connectivity index is 0.000000497. The number of hydrogen-bond donors (Lipinski definition) is 4. The number of carboxylic acid groups (broad SMARTS) is 2. The number of fused-ring (bicyclic) bond motifs is 2. The molecule has 1 heterocycles. The standard InChI is InChI=1S/C21H32N4O2.2C2HF3O2/c1-16(26)22-15-20(27)23-19-14-21(18-7-5-4-6-17(18)19)8-10-25(11-9-21)13-12-24(2)3;2*3-2(4,5)1(6)7/h4-7,19H,8-15H2,1-3H3,(H,22,26)(H,23,27);2*(H,6,7). The Morgan fingerprint density at radius 3 is 1.90 bits per heavy atom. The highest BCUT2D eigenvalue weighted by atomic mass is 19.4. The largest absolute Gasteiger partial charge is 0.490 e. The number of rotatable bonds is 6. The first-order valence-electron chi connectivity index (χ1n) is 12.4. The molecule has 1 aliphatic heterocycles. The highest BCUT2D eigenvalue weighted by Crippen LogP contribution is 2.50. The predicted molar refractivity (Wildman–Crippen MR) is 134 cm³/mol. The van der Waals surface area contributed by atoms with Gasteiger partial charge < -0.3 is 30.6 Å². The number of nitrogens with zero attached hydrogens (tertiary/aromatic N) is 2. The van der Waals surface area contributed by atoms with E-state index >= 15 is 0 Å². The summed E-state index contributed by atoms with van der Waals surface area (Å²) >= 11 is 0. The Labute approximate surface area is 232 Å². The fraction of sp³-hybridized carbons (Fsp3) is 0.600. The summed E-state index contributed by atoms with van der Waals surface area (Å²) in [5.74, 6) is -5.82. The fourth-order valence-electron chi connectivity index (χ4n) is 4.49. The van der Waals surface area contributed by atoms with E-state index in [0.717, 1.165) is 45.4 Å². The van der Waals surface area contributed by atoms with Crippen LogP contribution in [0.3, 0.4) is 0 Å². The average molecular weight is 601 g/mol. The number of carbonyl (C=O) groups is 4. The van der Waals surface area contributed by atoms with Crippen LogP contribution in [0.2, 0.25) is 0 Å². The summed E-state index contributed by atoms with van der Waals surface area (Å²) < 4.78 is 63.5. The van der Waals surface area contributed by atoms with Gasteiger partial charge in [0.25, 0.3) is 0 Å². The highest BCUT2D eigenvalue weighted by molar-refractivity contribution is 5.84. The lowest BCUT2D eigenvalue weighted by atomic mass is 9.73. The van der Waals surface area contributed by atoms with Crippen LogP contribution in [0.1, 0.15) is 43.4 Å². The first-order valence-corrected chi connectivity index (χ1v) is 12.4. The summed E-state index contributed by atoms with van der Waals surface area (Å²) in [7, 11) is 4.24. The number of likely N-dealkylation sites (tertiary alicyclic amines) is 1. The van der Waals surface area contributed by atoms with Crippen LogP contribution in [0.4, 0.5) is 26.3 Å². The van der Waals surface area contributed by atoms with Crippen LogP contribution in [0.15, 0.2) is 24.3 Å². The van der Waals surface area contributed by atoms with E-state index in [0.29, 0.717) is 0 Å². The number of nitrogens with one attached hydrogen (secondary N) is 2. The maximum Gasteiger partial charge on any atom is 0.490 e. The number of halogens is 6. The minimum atomic E-state index is -5.08. The molecule has 16 heteroatoms. The maximum absolute atomic E-state index is 12.2. The fourth-order valence-corrected chi connectivity index (χ4v) is 4.49. The molecule has 41 heavy (non-hydrogen) atoms. The quantitative estimate of drug-likeness (QED) is 0.366. The van der Waals surface area contributed by atoms with E-state index < -0.39 is 24.3 Å². The van der Waals surface area contributed by atoms with Gasteiger partial charge in [0.15, 0.2) is 0 Å². The van der Waals surface area contributed by atoms with Gasteiger partial charge in [-0.05, 0) is 57.6 Å². The van der Waals surface area contributed by atoms with Crippen molar-refractivity contribution < 1.29 is 55.7 Å². The number of carboxylic acids is 2.